The lowest BCUT2D eigenvalue weighted by atomic mass is 10.1. The third-order valence-electron chi connectivity index (χ3n) is 3.18. The minimum Gasteiger partial charge on any atom is -0.383 e. The number of hydrogen-bond donors (Lipinski definition) is 0. The van der Waals surface area contributed by atoms with E-state index in [0.717, 1.165) is 12.0 Å². The van der Waals surface area contributed by atoms with Crippen LogP contribution in [0.25, 0.3) is 0 Å². The van der Waals surface area contributed by atoms with Crippen LogP contribution >= 0.6 is 0 Å². The molecular weight excluding hydrogens is 226 g/mol. The molecule has 0 bridgehead atoms. The van der Waals surface area contributed by atoms with Crippen molar-refractivity contribution in [2.45, 2.75) is 18.9 Å². The van der Waals surface area contributed by atoms with Crippen molar-refractivity contribution in [3.05, 3.63) is 48.0 Å². The first kappa shape index (κ1) is 12.8. The van der Waals surface area contributed by atoms with Crippen LogP contribution < -0.4 is 0 Å². The molecule has 96 valence electrons. The molecular formula is C15H19NO2. The van der Waals surface area contributed by atoms with Crippen LogP contribution in [-0.2, 0) is 9.53 Å². The quantitative estimate of drug-likeness (QED) is 0.763. The van der Waals surface area contributed by atoms with E-state index >= 15 is 0 Å². The summed E-state index contributed by atoms with van der Waals surface area (Å²) in [4.78, 5) is 14.0. The molecule has 0 saturated heterocycles. The molecule has 0 aliphatic carbocycles. The molecule has 3 nitrogen and oxygen atoms in total. The van der Waals surface area contributed by atoms with E-state index < -0.39 is 0 Å². The fraction of sp³-hybridized carbons (Fsp3) is 0.400. The molecule has 1 heterocycles. The lowest BCUT2D eigenvalue weighted by molar-refractivity contribution is -0.133. The number of carbonyl (C=O) groups excluding carboxylic acids is 1. The zero-order valence-corrected chi connectivity index (χ0v) is 10.7. The van der Waals surface area contributed by atoms with Crippen molar-refractivity contribution in [1.82, 2.24) is 4.90 Å². The Hall–Kier alpha value is -1.61. The fourth-order valence-corrected chi connectivity index (χ4v) is 2.23. The number of allylic oxidation sites excluding steroid dienone is 1. The van der Waals surface area contributed by atoms with Crippen LogP contribution in [0.1, 0.15) is 24.4 Å². The Bertz CT molecular complexity index is 414. The zero-order chi connectivity index (χ0) is 12.8. The van der Waals surface area contributed by atoms with Crippen molar-refractivity contribution in [2.24, 2.45) is 0 Å². The highest BCUT2D eigenvalue weighted by Gasteiger charge is 2.23. The van der Waals surface area contributed by atoms with E-state index in [1.807, 2.05) is 23.1 Å². The van der Waals surface area contributed by atoms with E-state index in [0.29, 0.717) is 19.6 Å². The lowest BCUT2D eigenvalue weighted by Crippen LogP contribution is -2.35. The van der Waals surface area contributed by atoms with Gasteiger partial charge >= 0.3 is 0 Å². The highest BCUT2D eigenvalue weighted by molar-refractivity contribution is 5.77. The van der Waals surface area contributed by atoms with Gasteiger partial charge in [-0.3, -0.25) is 4.79 Å². The van der Waals surface area contributed by atoms with E-state index in [2.05, 4.69) is 24.3 Å². The highest BCUT2D eigenvalue weighted by atomic mass is 16.5. The molecule has 1 aliphatic heterocycles. The first-order valence-corrected chi connectivity index (χ1v) is 6.33. The first-order valence-electron chi connectivity index (χ1n) is 6.33. The maximum Gasteiger partial charge on any atom is 0.223 e. The Morgan fingerprint density at radius 3 is 2.83 bits per heavy atom. The van der Waals surface area contributed by atoms with Crippen LogP contribution in [0.5, 0.6) is 0 Å². The number of rotatable bonds is 4. The number of hydrogen-bond acceptors (Lipinski definition) is 2. The van der Waals surface area contributed by atoms with Gasteiger partial charge in [-0.05, 0) is 12.0 Å². The lowest BCUT2D eigenvalue weighted by Gasteiger charge is -2.29. The van der Waals surface area contributed by atoms with Gasteiger partial charge in [0, 0.05) is 20.1 Å². The molecule has 0 unspecified atom stereocenters. The SMILES string of the molecule is COCCN1C(=O)CCC=C[C@H]1c1ccccc1. The summed E-state index contributed by atoms with van der Waals surface area (Å²) in [6.07, 6.45) is 5.63. The minimum absolute atomic E-state index is 0.0383. The topological polar surface area (TPSA) is 29.5 Å². The van der Waals surface area contributed by atoms with Crippen molar-refractivity contribution in [3.63, 3.8) is 0 Å². The summed E-state index contributed by atoms with van der Waals surface area (Å²) in [5.74, 6) is 0.200. The summed E-state index contributed by atoms with van der Waals surface area (Å²) in [7, 11) is 1.66. The van der Waals surface area contributed by atoms with Crippen LogP contribution in [0.3, 0.4) is 0 Å². The van der Waals surface area contributed by atoms with E-state index in [-0.39, 0.29) is 11.9 Å². The molecule has 3 heteroatoms. The second kappa shape index (κ2) is 6.36. The summed E-state index contributed by atoms with van der Waals surface area (Å²) in [6.45, 7) is 1.21. The van der Waals surface area contributed by atoms with E-state index in [9.17, 15) is 4.79 Å². The predicted molar refractivity (Wildman–Crippen MR) is 71.1 cm³/mol. The molecule has 0 radical (unpaired) electrons. The van der Waals surface area contributed by atoms with Gasteiger partial charge in [0.15, 0.2) is 0 Å². The average Bonchev–Trinajstić information content (AvgIpc) is 2.59. The average molecular weight is 245 g/mol. The Balaban J connectivity index is 2.24. The second-order valence-corrected chi connectivity index (χ2v) is 4.40. The number of ether oxygens (including phenoxy) is 1. The van der Waals surface area contributed by atoms with Gasteiger partial charge in [0.2, 0.25) is 5.91 Å². The van der Waals surface area contributed by atoms with Gasteiger partial charge in [0.25, 0.3) is 0 Å². The van der Waals surface area contributed by atoms with Crippen LogP contribution in [0.4, 0.5) is 0 Å². The Morgan fingerprint density at radius 1 is 1.33 bits per heavy atom. The van der Waals surface area contributed by atoms with Crippen LogP contribution in [0.15, 0.2) is 42.5 Å². The van der Waals surface area contributed by atoms with Crippen molar-refractivity contribution in [3.8, 4) is 0 Å². The van der Waals surface area contributed by atoms with E-state index in [1.165, 1.54) is 0 Å². The van der Waals surface area contributed by atoms with Gasteiger partial charge in [-0.15, -0.1) is 0 Å². The maximum absolute atomic E-state index is 12.1. The summed E-state index contributed by atoms with van der Waals surface area (Å²) in [5.41, 5.74) is 1.15. The summed E-state index contributed by atoms with van der Waals surface area (Å²) in [6, 6.07) is 10.2. The molecule has 2 rings (SSSR count). The highest BCUT2D eigenvalue weighted by Crippen LogP contribution is 2.25. The van der Waals surface area contributed by atoms with Gasteiger partial charge in [-0.25, -0.2) is 0 Å². The maximum atomic E-state index is 12.1. The van der Waals surface area contributed by atoms with Crippen molar-refractivity contribution < 1.29 is 9.53 Å². The molecule has 1 amide bonds. The minimum atomic E-state index is 0.0383. The normalized spacial score (nSPS) is 19.9. The van der Waals surface area contributed by atoms with Gasteiger partial charge < -0.3 is 9.64 Å². The fourth-order valence-electron chi connectivity index (χ4n) is 2.23. The third kappa shape index (κ3) is 2.99. The number of amides is 1. The predicted octanol–water partition coefficient (Wildman–Crippen LogP) is 2.55. The molecule has 1 aromatic carbocycles. The number of methoxy groups -OCH3 is 1. The van der Waals surface area contributed by atoms with Gasteiger partial charge in [-0.2, -0.15) is 0 Å². The Kier molecular flexibility index (Phi) is 4.53. The van der Waals surface area contributed by atoms with Crippen LogP contribution in [-0.4, -0.2) is 31.1 Å². The molecule has 18 heavy (non-hydrogen) atoms. The van der Waals surface area contributed by atoms with Gasteiger partial charge in [0.05, 0.1) is 12.6 Å². The van der Waals surface area contributed by atoms with E-state index in [1.54, 1.807) is 7.11 Å². The summed E-state index contributed by atoms with van der Waals surface area (Å²) in [5, 5.41) is 0. The molecule has 0 saturated carbocycles. The smallest absolute Gasteiger partial charge is 0.223 e. The molecule has 0 fully saturated rings. The molecule has 1 aliphatic rings. The van der Waals surface area contributed by atoms with Gasteiger partial charge in [-0.1, -0.05) is 42.5 Å². The Labute approximate surface area is 108 Å². The van der Waals surface area contributed by atoms with Crippen molar-refractivity contribution >= 4 is 5.91 Å². The number of carbonyl (C=O) groups is 1. The molecule has 0 N–H and O–H groups in total. The second-order valence-electron chi connectivity index (χ2n) is 4.40. The van der Waals surface area contributed by atoms with Crippen molar-refractivity contribution in [1.29, 1.82) is 0 Å². The largest absolute Gasteiger partial charge is 0.383 e. The molecule has 0 aromatic heterocycles. The molecule has 1 aromatic rings. The number of nitrogens with zero attached hydrogens (tertiary/aromatic N) is 1. The Morgan fingerprint density at radius 2 is 2.11 bits per heavy atom. The van der Waals surface area contributed by atoms with Crippen molar-refractivity contribution in [2.75, 3.05) is 20.3 Å². The van der Waals surface area contributed by atoms with Crippen LogP contribution in [0, 0.1) is 0 Å². The summed E-state index contributed by atoms with van der Waals surface area (Å²) < 4.78 is 5.10. The summed E-state index contributed by atoms with van der Waals surface area (Å²) >= 11 is 0. The zero-order valence-electron chi connectivity index (χ0n) is 10.7. The van der Waals surface area contributed by atoms with Gasteiger partial charge in [0.1, 0.15) is 0 Å². The third-order valence-corrected chi connectivity index (χ3v) is 3.18. The van der Waals surface area contributed by atoms with Crippen LogP contribution in [0.2, 0.25) is 0 Å². The first-order chi connectivity index (χ1) is 8.83. The molecule has 0 spiro atoms. The standard InChI is InChI=1S/C15H19NO2/c1-18-12-11-16-14(9-5-6-10-15(16)17)13-7-3-2-4-8-13/h2-5,7-9,14H,6,10-12H2,1H3/t14-/m0/s1. The van der Waals surface area contributed by atoms with E-state index in [4.69, 9.17) is 4.74 Å². The molecule has 1 atom stereocenters. The monoisotopic (exact) mass is 245 g/mol. The number of benzene rings is 1.